The summed E-state index contributed by atoms with van der Waals surface area (Å²) in [5.41, 5.74) is -0.829. The lowest BCUT2D eigenvalue weighted by Gasteiger charge is -2.27. The molecule has 1 heterocycles. The topological polar surface area (TPSA) is 84.2 Å². The zero-order valence-electron chi connectivity index (χ0n) is 11.0. The summed E-state index contributed by atoms with van der Waals surface area (Å²) in [6.45, 7) is 2.27. The summed E-state index contributed by atoms with van der Waals surface area (Å²) in [6.07, 6.45) is 7.65. The van der Waals surface area contributed by atoms with Gasteiger partial charge in [0.05, 0.1) is 11.7 Å². The Hall–Kier alpha value is -1.85. The van der Waals surface area contributed by atoms with Gasteiger partial charge in [0.25, 0.3) is 0 Å². The number of nitrogens with zero attached hydrogens (tertiary/aromatic N) is 2. The highest BCUT2D eigenvalue weighted by Gasteiger charge is 2.45. The molecule has 2 N–H and O–H groups in total. The first kappa shape index (κ1) is 13.6. The van der Waals surface area contributed by atoms with Crippen molar-refractivity contribution < 1.29 is 14.7 Å². The highest BCUT2D eigenvalue weighted by atomic mass is 16.4. The van der Waals surface area contributed by atoms with Crippen molar-refractivity contribution in [2.75, 3.05) is 0 Å². The summed E-state index contributed by atoms with van der Waals surface area (Å²) in [5, 5.41) is 12.1. The van der Waals surface area contributed by atoms with Crippen LogP contribution in [0, 0.1) is 5.41 Å². The molecule has 1 aliphatic carbocycles. The second-order valence-electron chi connectivity index (χ2n) is 5.29. The Balaban J connectivity index is 1.86. The number of nitrogens with one attached hydrogen (secondary N) is 1. The van der Waals surface area contributed by atoms with Crippen molar-refractivity contribution in [1.82, 2.24) is 14.9 Å². The molecule has 2 atom stereocenters. The van der Waals surface area contributed by atoms with Gasteiger partial charge in [-0.3, -0.25) is 9.59 Å². The van der Waals surface area contributed by atoms with Gasteiger partial charge >= 0.3 is 5.97 Å². The van der Waals surface area contributed by atoms with Crippen molar-refractivity contribution in [3.8, 4) is 0 Å². The van der Waals surface area contributed by atoms with Crippen LogP contribution >= 0.6 is 0 Å². The minimum atomic E-state index is -0.829. The normalized spacial score (nSPS) is 26.3. The maximum atomic E-state index is 11.9. The van der Waals surface area contributed by atoms with Crippen molar-refractivity contribution >= 4 is 11.9 Å². The van der Waals surface area contributed by atoms with Gasteiger partial charge in [0.2, 0.25) is 5.91 Å². The lowest BCUT2D eigenvalue weighted by Crippen LogP contribution is -2.47. The van der Waals surface area contributed by atoms with Gasteiger partial charge in [-0.2, -0.15) is 0 Å². The van der Waals surface area contributed by atoms with Gasteiger partial charge in [-0.25, -0.2) is 4.98 Å². The highest BCUT2D eigenvalue weighted by Crippen LogP contribution is 2.38. The predicted octanol–water partition coefficient (Wildman–Crippen LogP) is 1.03. The van der Waals surface area contributed by atoms with Crippen LogP contribution in [-0.2, 0) is 16.1 Å². The molecule has 0 saturated heterocycles. The molecule has 6 heteroatoms. The highest BCUT2D eigenvalue weighted by molar-refractivity contribution is 5.80. The van der Waals surface area contributed by atoms with Crippen LogP contribution in [0.3, 0.4) is 0 Å². The number of rotatable bonds is 5. The van der Waals surface area contributed by atoms with E-state index in [1.54, 1.807) is 25.6 Å². The summed E-state index contributed by atoms with van der Waals surface area (Å²) in [5.74, 6) is -0.932. The Morgan fingerprint density at radius 3 is 3.00 bits per heavy atom. The minimum Gasteiger partial charge on any atom is -0.481 e. The van der Waals surface area contributed by atoms with Gasteiger partial charge in [0, 0.05) is 31.4 Å². The van der Waals surface area contributed by atoms with Gasteiger partial charge in [-0.1, -0.05) is 6.42 Å². The Bertz CT molecular complexity index is 458. The van der Waals surface area contributed by atoms with Gasteiger partial charge < -0.3 is 15.0 Å². The van der Waals surface area contributed by atoms with E-state index in [4.69, 9.17) is 0 Å². The quantitative estimate of drug-likeness (QED) is 0.833. The third kappa shape index (κ3) is 2.94. The van der Waals surface area contributed by atoms with E-state index in [1.165, 1.54) is 0 Å². The SMILES string of the molecule is CC1(C(=O)O)CCCC1NC(=O)CCn1ccnc1. The van der Waals surface area contributed by atoms with E-state index in [0.29, 0.717) is 19.4 Å². The van der Waals surface area contributed by atoms with Crippen LogP contribution in [0.25, 0.3) is 0 Å². The maximum absolute atomic E-state index is 11.9. The zero-order chi connectivity index (χ0) is 13.9. The molecule has 1 aliphatic rings. The Morgan fingerprint density at radius 2 is 2.37 bits per heavy atom. The zero-order valence-corrected chi connectivity index (χ0v) is 11.0. The smallest absolute Gasteiger partial charge is 0.311 e. The molecule has 6 nitrogen and oxygen atoms in total. The fourth-order valence-electron chi connectivity index (χ4n) is 2.57. The third-order valence-corrected chi connectivity index (χ3v) is 3.94. The van der Waals surface area contributed by atoms with Crippen LogP contribution in [0.4, 0.5) is 0 Å². The lowest BCUT2D eigenvalue weighted by atomic mass is 9.85. The molecule has 19 heavy (non-hydrogen) atoms. The first-order valence-electron chi connectivity index (χ1n) is 6.51. The van der Waals surface area contributed by atoms with Crippen LogP contribution in [0.1, 0.15) is 32.6 Å². The van der Waals surface area contributed by atoms with Crippen LogP contribution in [0.2, 0.25) is 0 Å². The summed E-state index contributed by atoms with van der Waals surface area (Å²) in [7, 11) is 0. The van der Waals surface area contributed by atoms with Crippen molar-refractivity contribution in [3.05, 3.63) is 18.7 Å². The Morgan fingerprint density at radius 1 is 1.58 bits per heavy atom. The molecule has 0 radical (unpaired) electrons. The van der Waals surface area contributed by atoms with Crippen LogP contribution in [0.15, 0.2) is 18.7 Å². The predicted molar refractivity (Wildman–Crippen MR) is 68.4 cm³/mol. The van der Waals surface area contributed by atoms with Crippen LogP contribution in [0.5, 0.6) is 0 Å². The summed E-state index contributed by atoms with van der Waals surface area (Å²) >= 11 is 0. The van der Waals surface area contributed by atoms with E-state index in [2.05, 4.69) is 10.3 Å². The fourth-order valence-corrected chi connectivity index (χ4v) is 2.57. The summed E-state index contributed by atoms with van der Waals surface area (Å²) < 4.78 is 1.82. The van der Waals surface area contributed by atoms with E-state index in [9.17, 15) is 14.7 Å². The van der Waals surface area contributed by atoms with E-state index in [0.717, 1.165) is 12.8 Å². The number of aliphatic carboxylic acids is 1. The Labute approximate surface area is 111 Å². The Kier molecular flexibility index (Phi) is 3.87. The number of carboxylic acid groups (broad SMARTS) is 1. The molecule has 1 aromatic heterocycles. The molecular weight excluding hydrogens is 246 g/mol. The minimum absolute atomic E-state index is 0.104. The van der Waals surface area contributed by atoms with Crippen molar-refractivity contribution in [2.24, 2.45) is 5.41 Å². The second-order valence-corrected chi connectivity index (χ2v) is 5.29. The molecule has 0 bridgehead atoms. The molecule has 2 unspecified atom stereocenters. The number of carboxylic acids is 1. The number of aromatic nitrogens is 2. The second kappa shape index (κ2) is 5.42. The number of carbonyl (C=O) groups excluding carboxylic acids is 1. The fraction of sp³-hybridized carbons (Fsp3) is 0.615. The molecular formula is C13H19N3O3. The first-order chi connectivity index (χ1) is 9.02. The van der Waals surface area contributed by atoms with Gasteiger partial charge in [-0.15, -0.1) is 0 Å². The van der Waals surface area contributed by atoms with Gasteiger partial charge in [0.1, 0.15) is 0 Å². The molecule has 2 rings (SSSR count). The monoisotopic (exact) mass is 265 g/mol. The van der Waals surface area contributed by atoms with Crippen molar-refractivity contribution in [2.45, 2.75) is 45.2 Å². The third-order valence-electron chi connectivity index (χ3n) is 3.94. The first-order valence-corrected chi connectivity index (χ1v) is 6.51. The van der Waals surface area contributed by atoms with Crippen molar-refractivity contribution in [1.29, 1.82) is 0 Å². The lowest BCUT2D eigenvalue weighted by molar-refractivity contribution is -0.149. The molecule has 1 fully saturated rings. The maximum Gasteiger partial charge on any atom is 0.311 e. The molecule has 0 aromatic carbocycles. The van der Waals surface area contributed by atoms with E-state index in [1.807, 2.05) is 4.57 Å². The molecule has 1 aromatic rings. The number of carbonyl (C=O) groups is 2. The molecule has 0 spiro atoms. The largest absolute Gasteiger partial charge is 0.481 e. The summed E-state index contributed by atoms with van der Waals surface area (Å²) in [4.78, 5) is 27.1. The number of amides is 1. The van der Waals surface area contributed by atoms with E-state index < -0.39 is 11.4 Å². The average Bonchev–Trinajstić information content (AvgIpc) is 2.98. The molecule has 1 saturated carbocycles. The number of imidazole rings is 1. The van der Waals surface area contributed by atoms with Crippen LogP contribution < -0.4 is 5.32 Å². The average molecular weight is 265 g/mol. The van der Waals surface area contributed by atoms with Gasteiger partial charge in [0.15, 0.2) is 0 Å². The summed E-state index contributed by atoms with van der Waals surface area (Å²) in [6, 6.07) is -0.264. The molecule has 0 aliphatic heterocycles. The van der Waals surface area contributed by atoms with Crippen molar-refractivity contribution in [3.63, 3.8) is 0 Å². The number of hydrogen-bond donors (Lipinski definition) is 2. The van der Waals surface area contributed by atoms with Gasteiger partial charge in [-0.05, 0) is 19.8 Å². The standard InChI is InChI=1S/C13H19N3O3/c1-13(12(18)19)5-2-3-10(13)15-11(17)4-7-16-8-6-14-9-16/h6,8-10H,2-5,7H2,1H3,(H,15,17)(H,18,19). The van der Waals surface area contributed by atoms with E-state index >= 15 is 0 Å². The number of hydrogen-bond acceptors (Lipinski definition) is 3. The van der Waals surface area contributed by atoms with Crippen LogP contribution in [-0.4, -0.2) is 32.6 Å². The molecule has 1 amide bonds. The molecule has 104 valence electrons. The van der Waals surface area contributed by atoms with E-state index in [-0.39, 0.29) is 11.9 Å². The number of aryl methyl sites for hydroxylation is 1.